The minimum absolute atomic E-state index is 0.563. The minimum atomic E-state index is 0.563. The van der Waals surface area contributed by atoms with Crippen LogP contribution in [0.15, 0.2) is 33.4 Å². The van der Waals surface area contributed by atoms with Crippen LogP contribution in [0.5, 0.6) is 0 Å². The summed E-state index contributed by atoms with van der Waals surface area (Å²) in [7, 11) is 0. The minimum Gasteiger partial charge on any atom is -0.463 e. The van der Waals surface area contributed by atoms with Gasteiger partial charge < -0.3 is 10.2 Å². The number of hydrogen-bond acceptors (Lipinski definition) is 2. The van der Waals surface area contributed by atoms with Gasteiger partial charge in [-0.1, -0.05) is 6.07 Å². The summed E-state index contributed by atoms with van der Waals surface area (Å²) in [5, 5.41) is 1.08. The highest BCUT2D eigenvalue weighted by atomic mass is 79.9. The van der Waals surface area contributed by atoms with Crippen LogP contribution >= 0.6 is 15.9 Å². The van der Waals surface area contributed by atoms with Crippen LogP contribution in [0.4, 0.5) is 0 Å². The van der Waals surface area contributed by atoms with Crippen molar-refractivity contribution < 1.29 is 4.42 Å². The molecule has 0 fully saturated rings. The van der Waals surface area contributed by atoms with Crippen LogP contribution in [0.3, 0.4) is 0 Å². The van der Waals surface area contributed by atoms with Crippen LogP contribution in [-0.2, 0) is 6.54 Å². The fourth-order valence-corrected chi connectivity index (χ4v) is 1.58. The van der Waals surface area contributed by atoms with Gasteiger partial charge in [0, 0.05) is 11.9 Å². The lowest BCUT2D eigenvalue weighted by atomic mass is 10.2. The number of fused-ring (bicyclic) bond motifs is 1. The van der Waals surface area contributed by atoms with Gasteiger partial charge in [-0.2, -0.15) is 0 Å². The van der Waals surface area contributed by atoms with Crippen molar-refractivity contribution in [2.45, 2.75) is 6.54 Å². The molecule has 0 atom stereocenters. The summed E-state index contributed by atoms with van der Waals surface area (Å²) in [4.78, 5) is 0. The zero-order chi connectivity index (χ0) is 8.55. The van der Waals surface area contributed by atoms with E-state index in [1.807, 2.05) is 18.2 Å². The fourth-order valence-electron chi connectivity index (χ4n) is 1.17. The van der Waals surface area contributed by atoms with Gasteiger partial charge in [0.2, 0.25) is 0 Å². The largest absolute Gasteiger partial charge is 0.463 e. The zero-order valence-corrected chi connectivity index (χ0v) is 7.97. The normalized spacial score (nSPS) is 10.8. The van der Waals surface area contributed by atoms with Crippen LogP contribution in [0.25, 0.3) is 11.0 Å². The molecule has 0 spiro atoms. The first-order chi connectivity index (χ1) is 5.81. The maximum atomic E-state index is 5.51. The first kappa shape index (κ1) is 7.83. The Morgan fingerprint density at radius 2 is 2.25 bits per heavy atom. The summed E-state index contributed by atoms with van der Waals surface area (Å²) in [6, 6.07) is 5.93. The number of nitrogens with two attached hydrogens (primary N) is 1. The summed E-state index contributed by atoms with van der Waals surface area (Å²) >= 11 is 3.40. The first-order valence-electron chi connectivity index (χ1n) is 3.67. The molecule has 0 aliphatic rings. The topological polar surface area (TPSA) is 39.2 Å². The molecular weight excluding hydrogens is 218 g/mol. The van der Waals surface area contributed by atoms with Crippen molar-refractivity contribution >= 4 is 26.9 Å². The molecule has 2 aromatic rings. The number of benzene rings is 1. The molecule has 62 valence electrons. The SMILES string of the molecule is NCc1ccc2occ(Br)c2c1. The summed E-state index contributed by atoms with van der Waals surface area (Å²) in [6.45, 7) is 0.563. The molecule has 3 heteroatoms. The van der Waals surface area contributed by atoms with E-state index in [2.05, 4.69) is 15.9 Å². The number of furan rings is 1. The van der Waals surface area contributed by atoms with Crippen LogP contribution in [0.1, 0.15) is 5.56 Å². The summed E-state index contributed by atoms with van der Waals surface area (Å²) < 4.78 is 6.24. The molecule has 1 aromatic carbocycles. The molecule has 0 unspecified atom stereocenters. The monoisotopic (exact) mass is 225 g/mol. The Labute approximate surface area is 78.5 Å². The quantitative estimate of drug-likeness (QED) is 0.811. The van der Waals surface area contributed by atoms with E-state index >= 15 is 0 Å². The molecule has 2 nitrogen and oxygen atoms in total. The van der Waals surface area contributed by atoms with Gasteiger partial charge in [-0.3, -0.25) is 0 Å². The highest BCUT2D eigenvalue weighted by Crippen LogP contribution is 2.26. The van der Waals surface area contributed by atoms with Gasteiger partial charge in [0.05, 0.1) is 4.47 Å². The zero-order valence-electron chi connectivity index (χ0n) is 6.38. The molecule has 1 aromatic heterocycles. The van der Waals surface area contributed by atoms with Crippen molar-refractivity contribution in [1.29, 1.82) is 0 Å². The van der Waals surface area contributed by atoms with Gasteiger partial charge in [0.15, 0.2) is 0 Å². The molecule has 0 radical (unpaired) electrons. The maximum Gasteiger partial charge on any atom is 0.135 e. The second-order valence-corrected chi connectivity index (χ2v) is 3.47. The van der Waals surface area contributed by atoms with Crippen molar-refractivity contribution in [3.8, 4) is 0 Å². The highest BCUT2D eigenvalue weighted by molar-refractivity contribution is 9.10. The van der Waals surface area contributed by atoms with E-state index in [0.29, 0.717) is 6.54 Å². The van der Waals surface area contributed by atoms with E-state index in [4.69, 9.17) is 10.2 Å². The van der Waals surface area contributed by atoms with Gasteiger partial charge in [-0.15, -0.1) is 0 Å². The van der Waals surface area contributed by atoms with Gasteiger partial charge in [0.1, 0.15) is 11.8 Å². The molecule has 2 rings (SSSR count). The Kier molecular flexibility index (Phi) is 1.90. The first-order valence-corrected chi connectivity index (χ1v) is 4.46. The molecule has 12 heavy (non-hydrogen) atoms. The molecule has 2 N–H and O–H groups in total. The standard InChI is InChI=1S/C9H8BrNO/c10-8-5-12-9-2-1-6(4-11)3-7(8)9/h1-3,5H,4,11H2. The van der Waals surface area contributed by atoms with E-state index < -0.39 is 0 Å². The Morgan fingerprint density at radius 3 is 3.00 bits per heavy atom. The van der Waals surface area contributed by atoms with Gasteiger partial charge in [0.25, 0.3) is 0 Å². The van der Waals surface area contributed by atoms with Gasteiger partial charge in [-0.05, 0) is 33.6 Å². The second kappa shape index (κ2) is 2.92. The van der Waals surface area contributed by atoms with Crippen LogP contribution < -0.4 is 5.73 Å². The predicted molar refractivity (Wildman–Crippen MR) is 51.8 cm³/mol. The molecule has 1 heterocycles. The smallest absolute Gasteiger partial charge is 0.135 e. The van der Waals surface area contributed by atoms with Crippen molar-refractivity contribution in [1.82, 2.24) is 0 Å². The van der Waals surface area contributed by atoms with Crippen LogP contribution in [-0.4, -0.2) is 0 Å². The van der Waals surface area contributed by atoms with Gasteiger partial charge >= 0.3 is 0 Å². The van der Waals surface area contributed by atoms with Crippen molar-refractivity contribution in [3.63, 3.8) is 0 Å². The van der Waals surface area contributed by atoms with E-state index in [1.165, 1.54) is 0 Å². The molecule has 0 bridgehead atoms. The van der Waals surface area contributed by atoms with Crippen LogP contribution in [0, 0.1) is 0 Å². The van der Waals surface area contributed by atoms with E-state index in [-0.39, 0.29) is 0 Å². The van der Waals surface area contributed by atoms with E-state index in [1.54, 1.807) is 6.26 Å². The molecule has 0 aliphatic carbocycles. The Bertz CT molecular complexity index is 408. The Balaban J connectivity index is 2.71. The predicted octanol–water partition coefficient (Wildman–Crippen LogP) is 2.65. The average molecular weight is 226 g/mol. The number of hydrogen-bond donors (Lipinski definition) is 1. The third-order valence-electron chi connectivity index (χ3n) is 1.83. The highest BCUT2D eigenvalue weighted by Gasteiger charge is 2.02. The number of halogens is 1. The Morgan fingerprint density at radius 1 is 1.42 bits per heavy atom. The van der Waals surface area contributed by atoms with Crippen molar-refractivity contribution in [3.05, 3.63) is 34.5 Å². The summed E-state index contributed by atoms with van der Waals surface area (Å²) in [6.07, 6.45) is 1.69. The van der Waals surface area contributed by atoms with Crippen molar-refractivity contribution in [2.24, 2.45) is 5.73 Å². The lowest BCUT2D eigenvalue weighted by Crippen LogP contribution is -1.94. The summed E-state index contributed by atoms with van der Waals surface area (Å²) in [5.41, 5.74) is 7.52. The van der Waals surface area contributed by atoms with E-state index in [0.717, 1.165) is 21.0 Å². The van der Waals surface area contributed by atoms with E-state index in [9.17, 15) is 0 Å². The lowest BCUT2D eigenvalue weighted by Gasteiger charge is -1.94. The second-order valence-electron chi connectivity index (χ2n) is 2.62. The fraction of sp³-hybridized carbons (Fsp3) is 0.111. The summed E-state index contributed by atoms with van der Waals surface area (Å²) in [5.74, 6) is 0. The molecule has 0 amide bonds. The van der Waals surface area contributed by atoms with Gasteiger partial charge in [-0.25, -0.2) is 0 Å². The molecular formula is C9H8BrNO. The Hall–Kier alpha value is -0.800. The lowest BCUT2D eigenvalue weighted by molar-refractivity contribution is 0.614. The van der Waals surface area contributed by atoms with Crippen LogP contribution in [0.2, 0.25) is 0 Å². The molecule has 0 saturated carbocycles. The molecule has 0 aliphatic heterocycles. The van der Waals surface area contributed by atoms with Crippen molar-refractivity contribution in [2.75, 3.05) is 0 Å². The molecule has 0 saturated heterocycles. The third-order valence-corrected chi connectivity index (χ3v) is 2.44. The maximum absolute atomic E-state index is 5.51. The third kappa shape index (κ3) is 1.15. The average Bonchev–Trinajstić information content (AvgIpc) is 2.47. The number of rotatable bonds is 1.